The minimum absolute atomic E-state index is 0.0161. The molecule has 0 spiro atoms. The van der Waals surface area contributed by atoms with Gasteiger partial charge in [-0.05, 0) is 11.3 Å². The van der Waals surface area contributed by atoms with Gasteiger partial charge in [-0.2, -0.15) is 4.80 Å². The average Bonchev–Trinajstić information content (AvgIpc) is 2.81. The van der Waals surface area contributed by atoms with Crippen molar-refractivity contribution >= 4 is 11.7 Å². The largest absolute Gasteiger partial charge is 0.453 e. The molecule has 0 unspecified atom stereocenters. The zero-order valence-electron chi connectivity index (χ0n) is 9.49. The maximum Gasteiger partial charge on any atom is 0.355 e. The predicted molar refractivity (Wildman–Crippen MR) is 57.7 cm³/mol. The lowest BCUT2D eigenvalue weighted by Crippen LogP contribution is -2.10. The topological polar surface area (TPSA) is 101 Å². The van der Waals surface area contributed by atoms with Crippen LogP contribution in [0.2, 0.25) is 0 Å². The van der Waals surface area contributed by atoms with Gasteiger partial charge < -0.3 is 15.0 Å². The van der Waals surface area contributed by atoms with Crippen LogP contribution in [0.25, 0.3) is 0 Å². The van der Waals surface area contributed by atoms with Gasteiger partial charge in [0.1, 0.15) is 5.69 Å². The van der Waals surface area contributed by atoms with Gasteiger partial charge in [-0.25, -0.2) is 4.79 Å². The molecule has 2 aromatic rings. The van der Waals surface area contributed by atoms with Crippen LogP contribution in [0.15, 0.2) is 12.3 Å². The van der Waals surface area contributed by atoms with E-state index < -0.39 is 5.97 Å². The van der Waals surface area contributed by atoms with Gasteiger partial charge in [-0.3, -0.25) is 0 Å². The van der Waals surface area contributed by atoms with Crippen LogP contribution in [0.1, 0.15) is 16.3 Å². The first-order valence-corrected chi connectivity index (χ1v) is 4.88. The summed E-state index contributed by atoms with van der Waals surface area (Å²) < 4.78 is 6.63. The molecule has 2 rings (SSSR count). The summed E-state index contributed by atoms with van der Waals surface area (Å²) in [5.74, 6) is -0.125. The molecule has 90 valence electrons. The molecule has 2 aromatic heterocycles. The maximum absolute atomic E-state index is 11.7. The fourth-order valence-electron chi connectivity index (χ4n) is 1.38. The zero-order chi connectivity index (χ0) is 12.4. The molecule has 17 heavy (non-hydrogen) atoms. The van der Waals surface area contributed by atoms with Gasteiger partial charge in [-0.1, -0.05) is 0 Å². The number of carbonyl (C=O) groups is 1. The number of hydrogen-bond acceptors (Lipinski definition) is 6. The van der Waals surface area contributed by atoms with E-state index in [0.717, 1.165) is 0 Å². The molecule has 8 nitrogen and oxygen atoms in total. The Bertz CT molecular complexity index is 543. The number of nitrogen functional groups attached to an aromatic ring is 1. The first kappa shape index (κ1) is 11.1. The standard InChI is InChI=1S/C9H12N6O2/c1-14-4-6(10)3-7(14)9(16)17-5-8-11-13-15(2)12-8/h3-4H,5,10H2,1-2H3. The molecule has 0 saturated heterocycles. The second kappa shape index (κ2) is 4.24. The molecule has 2 heterocycles. The third kappa shape index (κ3) is 2.41. The van der Waals surface area contributed by atoms with Crippen molar-refractivity contribution in [2.75, 3.05) is 5.73 Å². The normalized spacial score (nSPS) is 10.5. The first-order chi connectivity index (χ1) is 8.06. The van der Waals surface area contributed by atoms with Crippen molar-refractivity contribution in [1.29, 1.82) is 0 Å². The highest BCUT2D eigenvalue weighted by atomic mass is 16.5. The molecule has 0 atom stereocenters. The molecule has 0 radical (unpaired) electrons. The predicted octanol–water partition coefficient (Wildman–Crippen LogP) is -0.512. The van der Waals surface area contributed by atoms with E-state index in [1.165, 1.54) is 4.80 Å². The van der Waals surface area contributed by atoms with E-state index in [0.29, 0.717) is 17.2 Å². The lowest BCUT2D eigenvalue weighted by atomic mass is 10.4. The van der Waals surface area contributed by atoms with Crippen molar-refractivity contribution in [3.05, 3.63) is 23.8 Å². The number of nitrogens with two attached hydrogens (primary N) is 1. The van der Waals surface area contributed by atoms with Gasteiger partial charge in [0.15, 0.2) is 6.61 Å². The number of aryl methyl sites for hydroxylation is 2. The molecular weight excluding hydrogens is 224 g/mol. The fraction of sp³-hybridized carbons (Fsp3) is 0.333. The van der Waals surface area contributed by atoms with Gasteiger partial charge in [0, 0.05) is 13.2 Å². The lowest BCUT2D eigenvalue weighted by Gasteiger charge is -2.02. The maximum atomic E-state index is 11.7. The Kier molecular flexibility index (Phi) is 2.77. The van der Waals surface area contributed by atoms with Crippen molar-refractivity contribution in [3.8, 4) is 0 Å². The van der Waals surface area contributed by atoms with Crippen LogP contribution < -0.4 is 5.73 Å². The number of nitrogens with zero attached hydrogens (tertiary/aromatic N) is 5. The van der Waals surface area contributed by atoms with Crippen LogP contribution in [-0.4, -0.2) is 30.7 Å². The molecule has 2 N–H and O–H groups in total. The van der Waals surface area contributed by atoms with Crippen LogP contribution in [-0.2, 0) is 25.4 Å². The number of tetrazole rings is 1. The Morgan fingerprint density at radius 2 is 2.29 bits per heavy atom. The Morgan fingerprint density at radius 3 is 2.82 bits per heavy atom. The second-order valence-electron chi connectivity index (χ2n) is 3.54. The molecule has 0 saturated carbocycles. The zero-order valence-corrected chi connectivity index (χ0v) is 9.49. The molecule has 0 amide bonds. The molecule has 0 aliphatic heterocycles. The van der Waals surface area contributed by atoms with E-state index in [1.807, 2.05) is 0 Å². The highest BCUT2D eigenvalue weighted by Crippen LogP contribution is 2.10. The second-order valence-corrected chi connectivity index (χ2v) is 3.54. The van der Waals surface area contributed by atoms with Crippen molar-refractivity contribution in [2.24, 2.45) is 14.1 Å². The van der Waals surface area contributed by atoms with E-state index in [1.54, 1.807) is 30.9 Å². The number of esters is 1. The minimum Gasteiger partial charge on any atom is -0.453 e. The molecule has 0 aliphatic rings. The van der Waals surface area contributed by atoms with E-state index in [4.69, 9.17) is 10.5 Å². The SMILES string of the molecule is Cn1nnc(COC(=O)c2cc(N)cn2C)n1. The number of hydrogen-bond donors (Lipinski definition) is 1. The summed E-state index contributed by atoms with van der Waals surface area (Å²) in [6.45, 7) is -0.0161. The van der Waals surface area contributed by atoms with Crippen LogP contribution in [0, 0.1) is 0 Å². The summed E-state index contributed by atoms with van der Waals surface area (Å²) in [4.78, 5) is 13.0. The third-order valence-corrected chi connectivity index (χ3v) is 2.12. The number of aromatic nitrogens is 5. The van der Waals surface area contributed by atoms with E-state index in [-0.39, 0.29) is 6.61 Å². The Morgan fingerprint density at radius 1 is 1.53 bits per heavy atom. The van der Waals surface area contributed by atoms with Crippen molar-refractivity contribution < 1.29 is 9.53 Å². The van der Waals surface area contributed by atoms with Crippen LogP contribution in [0.5, 0.6) is 0 Å². The highest BCUT2D eigenvalue weighted by molar-refractivity contribution is 5.88. The van der Waals surface area contributed by atoms with Gasteiger partial charge >= 0.3 is 5.97 Å². The summed E-state index contributed by atoms with van der Waals surface area (Å²) >= 11 is 0. The molecule has 0 aliphatic carbocycles. The smallest absolute Gasteiger partial charge is 0.355 e. The van der Waals surface area contributed by atoms with Gasteiger partial charge in [-0.15, -0.1) is 10.2 Å². The van der Waals surface area contributed by atoms with Crippen LogP contribution >= 0.6 is 0 Å². The molecule has 0 fully saturated rings. The van der Waals surface area contributed by atoms with E-state index >= 15 is 0 Å². The van der Waals surface area contributed by atoms with Crippen molar-refractivity contribution in [3.63, 3.8) is 0 Å². The van der Waals surface area contributed by atoms with Crippen molar-refractivity contribution in [1.82, 2.24) is 24.8 Å². The summed E-state index contributed by atoms with van der Waals surface area (Å²) in [5.41, 5.74) is 6.45. The number of ether oxygens (including phenoxy) is 1. The fourth-order valence-corrected chi connectivity index (χ4v) is 1.38. The number of anilines is 1. The molecule has 0 bridgehead atoms. The van der Waals surface area contributed by atoms with E-state index in [9.17, 15) is 4.79 Å². The Labute approximate surface area is 97.0 Å². The van der Waals surface area contributed by atoms with Crippen molar-refractivity contribution in [2.45, 2.75) is 6.61 Å². The highest BCUT2D eigenvalue weighted by Gasteiger charge is 2.13. The summed E-state index contributed by atoms with van der Waals surface area (Å²) in [6, 6.07) is 1.55. The van der Waals surface area contributed by atoms with E-state index in [2.05, 4.69) is 15.4 Å². The van der Waals surface area contributed by atoms with Gasteiger partial charge in [0.05, 0.1) is 12.7 Å². The molecule has 0 aromatic carbocycles. The van der Waals surface area contributed by atoms with Crippen LogP contribution in [0.4, 0.5) is 5.69 Å². The summed E-state index contributed by atoms with van der Waals surface area (Å²) in [5, 5.41) is 11.2. The Balaban J connectivity index is 2.00. The number of rotatable bonds is 3. The first-order valence-electron chi connectivity index (χ1n) is 4.88. The monoisotopic (exact) mass is 236 g/mol. The minimum atomic E-state index is -0.475. The number of carbonyl (C=O) groups excluding carboxylic acids is 1. The average molecular weight is 236 g/mol. The van der Waals surface area contributed by atoms with Gasteiger partial charge in [0.25, 0.3) is 0 Å². The van der Waals surface area contributed by atoms with Crippen LogP contribution in [0.3, 0.4) is 0 Å². The molecule has 8 heteroatoms. The summed E-state index contributed by atoms with van der Waals surface area (Å²) in [7, 11) is 3.35. The molecular formula is C9H12N6O2. The quantitative estimate of drug-likeness (QED) is 0.720. The third-order valence-electron chi connectivity index (χ3n) is 2.12. The Hall–Kier alpha value is -2.38. The van der Waals surface area contributed by atoms with Gasteiger partial charge in [0.2, 0.25) is 5.82 Å². The summed E-state index contributed by atoms with van der Waals surface area (Å²) in [6.07, 6.45) is 1.64. The lowest BCUT2D eigenvalue weighted by molar-refractivity contribution is 0.0450.